The van der Waals surface area contributed by atoms with Crippen molar-refractivity contribution in [1.29, 1.82) is 0 Å². The van der Waals surface area contributed by atoms with Crippen molar-refractivity contribution in [2.45, 2.75) is 13.5 Å². The average Bonchev–Trinajstić information content (AvgIpc) is 2.71. The van der Waals surface area contributed by atoms with Gasteiger partial charge in [-0.3, -0.25) is 9.67 Å². The minimum absolute atomic E-state index is 0.203. The molecule has 2 rings (SSSR count). The van der Waals surface area contributed by atoms with Crippen LogP contribution in [0.2, 0.25) is 0 Å². The highest BCUT2D eigenvalue weighted by atomic mass is 32.1. The number of aromatic amines is 1. The summed E-state index contributed by atoms with van der Waals surface area (Å²) in [6, 6.07) is 0. The van der Waals surface area contributed by atoms with Gasteiger partial charge in [-0.25, -0.2) is 4.63 Å². The number of hydrogen-bond donors (Lipinski definition) is 2. The molecule has 2 heterocycles. The standard InChI is InChI=1S/C6H8N6OS/c1-2-12-5(8-9-6(12)14)3-4(7)11-13-10-3/h2H2,1H3,(H2,7,11)(H,9,14). The molecule has 74 valence electrons. The topological polar surface area (TPSA) is 98.6 Å². The van der Waals surface area contributed by atoms with Gasteiger partial charge in [-0.1, -0.05) is 0 Å². The Morgan fingerprint density at radius 3 is 2.93 bits per heavy atom. The Balaban J connectivity index is 2.63. The molecule has 0 saturated carbocycles. The molecule has 2 aromatic rings. The summed E-state index contributed by atoms with van der Waals surface area (Å²) in [5, 5.41) is 13.8. The lowest BCUT2D eigenvalue weighted by Crippen LogP contribution is -1.99. The summed E-state index contributed by atoms with van der Waals surface area (Å²) in [5.41, 5.74) is 5.94. The number of nitrogens with two attached hydrogens (primary N) is 1. The minimum Gasteiger partial charge on any atom is -0.379 e. The van der Waals surface area contributed by atoms with Crippen LogP contribution in [-0.2, 0) is 6.54 Å². The third-order valence-corrected chi connectivity index (χ3v) is 2.11. The molecule has 0 saturated heterocycles. The Morgan fingerprint density at radius 1 is 1.57 bits per heavy atom. The number of nitrogens with one attached hydrogen (secondary N) is 1. The highest BCUT2D eigenvalue weighted by Gasteiger charge is 2.15. The lowest BCUT2D eigenvalue weighted by Gasteiger charge is -1.98. The fraction of sp³-hybridized carbons (Fsp3) is 0.333. The molecule has 0 bridgehead atoms. The van der Waals surface area contributed by atoms with Crippen molar-refractivity contribution >= 4 is 18.0 Å². The van der Waals surface area contributed by atoms with Crippen LogP contribution >= 0.6 is 12.2 Å². The van der Waals surface area contributed by atoms with Gasteiger partial charge in [-0.05, 0) is 29.5 Å². The third kappa shape index (κ3) is 1.20. The van der Waals surface area contributed by atoms with E-state index in [-0.39, 0.29) is 5.82 Å². The third-order valence-electron chi connectivity index (χ3n) is 1.80. The second kappa shape index (κ2) is 3.22. The van der Waals surface area contributed by atoms with Crippen molar-refractivity contribution in [3.63, 3.8) is 0 Å². The molecule has 0 radical (unpaired) electrons. The van der Waals surface area contributed by atoms with Gasteiger partial charge in [-0.15, -0.1) is 0 Å². The Bertz CT molecular complexity index is 496. The summed E-state index contributed by atoms with van der Waals surface area (Å²) in [5.74, 6) is 0.741. The van der Waals surface area contributed by atoms with E-state index in [4.69, 9.17) is 18.0 Å². The Labute approximate surface area is 83.9 Å². The summed E-state index contributed by atoms with van der Waals surface area (Å²) in [4.78, 5) is 0. The number of nitrogens with zero attached hydrogens (tertiary/aromatic N) is 4. The van der Waals surface area contributed by atoms with Crippen LogP contribution < -0.4 is 5.73 Å². The molecule has 0 amide bonds. The number of nitrogen functional groups attached to an aromatic ring is 1. The van der Waals surface area contributed by atoms with Crippen molar-refractivity contribution in [3.05, 3.63) is 4.77 Å². The van der Waals surface area contributed by atoms with Crippen LogP contribution in [0.1, 0.15) is 6.92 Å². The number of rotatable bonds is 2. The van der Waals surface area contributed by atoms with Gasteiger partial charge in [0.2, 0.25) is 0 Å². The van der Waals surface area contributed by atoms with E-state index in [1.54, 1.807) is 4.57 Å². The number of aromatic nitrogens is 5. The predicted molar refractivity (Wildman–Crippen MR) is 50.8 cm³/mol. The first-order valence-corrected chi connectivity index (χ1v) is 4.38. The lowest BCUT2D eigenvalue weighted by atomic mass is 10.4. The van der Waals surface area contributed by atoms with Gasteiger partial charge in [0.25, 0.3) is 0 Å². The number of hydrogen-bond acceptors (Lipinski definition) is 6. The van der Waals surface area contributed by atoms with E-state index in [2.05, 4.69) is 25.1 Å². The van der Waals surface area contributed by atoms with E-state index < -0.39 is 0 Å². The Morgan fingerprint density at radius 2 is 2.36 bits per heavy atom. The van der Waals surface area contributed by atoms with Crippen LogP contribution in [0.4, 0.5) is 5.82 Å². The summed E-state index contributed by atoms with van der Waals surface area (Å²) >= 11 is 5.01. The van der Waals surface area contributed by atoms with Gasteiger partial charge in [0.1, 0.15) is 0 Å². The van der Waals surface area contributed by atoms with Crippen molar-refractivity contribution in [3.8, 4) is 11.5 Å². The molecule has 7 nitrogen and oxygen atoms in total. The van der Waals surface area contributed by atoms with E-state index >= 15 is 0 Å². The normalized spacial score (nSPS) is 10.6. The lowest BCUT2D eigenvalue weighted by molar-refractivity contribution is 0.310. The van der Waals surface area contributed by atoms with Crippen molar-refractivity contribution < 1.29 is 4.63 Å². The zero-order valence-corrected chi connectivity index (χ0v) is 8.21. The monoisotopic (exact) mass is 212 g/mol. The second-order valence-electron chi connectivity index (χ2n) is 2.59. The molecule has 8 heteroatoms. The average molecular weight is 212 g/mol. The highest BCUT2D eigenvalue weighted by molar-refractivity contribution is 7.71. The van der Waals surface area contributed by atoms with Crippen LogP contribution in [-0.4, -0.2) is 25.1 Å². The molecule has 3 N–H and O–H groups in total. The highest BCUT2D eigenvalue weighted by Crippen LogP contribution is 2.19. The Kier molecular flexibility index (Phi) is 2.04. The van der Waals surface area contributed by atoms with Gasteiger partial charge in [0.05, 0.1) is 0 Å². The van der Waals surface area contributed by atoms with E-state index in [1.807, 2.05) is 6.92 Å². The van der Waals surface area contributed by atoms with Gasteiger partial charge < -0.3 is 5.73 Å². The van der Waals surface area contributed by atoms with Crippen LogP contribution in [0.15, 0.2) is 4.63 Å². The van der Waals surface area contributed by atoms with Crippen LogP contribution in [0, 0.1) is 4.77 Å². The molecule has 0 aliphatic heterocycles. The second-order valence-corrected chi connectivity index (χ2v) is 2.98. The largest absolute Gasteiger partial charge is 0.379 e. The van der Waals surface area contributed by atoms with Gasteiger partial charge in [0.15, 0.2) is 22.1 Å². The maximum Gasteiger partial charge on any atom is 0.199 e. The first-order chi connectivity index (χ1) is 6.74. The minimum atomic E-state index is 0.203. The number of H-pyrrole nitrogens is 1. The molecule has 0 fully saturated rings. The summed E-state index contributed by atoms with van der Waals surface area (Å²) in [6.45, 7) is 2.62. The van der Waals surface area contributed by atoms with E-state index in [1.165, 1.54) is 0 Å². The predicted octanol–water partition coefficient (Wildman–Crippen LogP) is 0.593. The molecule has 0 aliphatic carbocycles. The van der Waals surface area contributed by atoms with E-state index in [9.17, 15) is 0 Å². The Hall–Kier alpha value is -1.70. The molecular formula is C6H8N6OS. The fourth-order valence-corrected chi connectivity index (χ4v) is 1.40. The molecule has 0 atom stereocenters. The molecule has 0 unspecified atom stereocenters. The smallest absolute Gasteiger partial charge is 0.199 e. The quantitative estimate of drug-likeness (QED) is 0.707. The molecule has 14 heavy (non-hydrogen) atoms. The molecule has 0 aromatic carbocycles. The molecule has 2 aromatic heterocycles. The SMILES string of the molecule is CCn1c(-c2nonc2N)n[nH]c1=S. The van der Waals surface area contributed by atoms with Crippen molar-refractivity contribution in [1.82, 2.24) is 25.1 Å². The van der Waals surface area contributed by atoms with Gasteiger partial charge in [0, 0.05) is 6.54 Å². The van der Waals surface area contributed by atoms with Crippen molar-refractivity contribution in [2.24, 2.45) is 0 Å². The summed E-state index contributed by atoms with van der Waals surface area (Å²) < 4.78 is 6.76. The summed E-state index contributed by atoms with van der Waals surface area (Å²) in [7, 11) is 0. The zero-order valence-electron chi connectivity index (χ0n) is 7.39. The van der Waals surface area contributed by atoms with E-state index in [0.29, 0.717) is 22.8 Å². The van der Waals surface area contributed by atoms with Gasteiger partial charge in [-0.2, -0.15) is 5.10 Å². The van der Waals surface area contributed by atoms with Crippen LogP contribution in [0.3, 0.4) is 0 Å². The fourth-order valence-electron chi connectivity index (χ4n) is 1.14. The van der Waals surface area contributed by atoms with Crippen LogP contribution in [0.5, 0.6) is 0 Å². The first kappa shape index (κ1) is 8.88. The maximum atomic E-state index is 5.54. The van der Waals surface area contributed by atoms with Gasteiger partial charge >= 0.3 is 0 Å². The maximum absolute atomic E-state index is 5.54. The molecule has 0 aliphatic rings. The molecular weight excluding hydrogens is 204 g/mol. The van der Waals surface area contributed by atoms with Crippen molar-refractivity contribution in [2.75, 3.05) is 5.73 Å². The van der Waals surface area contributed by atoms with E-state index in [0.717, 1.165) is 0 Å². The first-order valence-electron chi connectivity index (χ1n) is 3.97. The molecule has 0 spiro atoms. The number of anilines is 1. The zero-order chi connectivity index (χ0) is 10.1. The summed E-state index contributed by atoms with van der Waals surface area (Å²) in [6.07, 6.45) is 0. The van der Waals surface area contributed by atoms with Crippen LogP contribution in [0.25, 0.3) is 11.5 Å².